The van der Waals surface area contributed by atoms with Crippen LogP contribution in [0.25, 0.3) is 0 Å². The van der Waals surface area contributed by atoms with Gasteiger partial charge in [-0.1, -0.05) is 29.4 Å². The number of H-pyrrole nitrogens is 1. The zero-order chi connectivity index (χ0) is 13.3. The summed E-state index contributed by atoms with van der Waals surface area (Å²) >= 11 is 0. The van der Waals surface area contributed by atoms with Crippen LogP contribution in [0.15, 0.2) is 12.5 Å². The molecule has 0 amide bonds. The first kappa shape index (κ1) is 13.7. The van der Waals surface area contributed by atoms with Gasteiger partial charge in [-0.25, -0.2) is 4.98 Å². The number of ketones is 1. The van der Waals surface area contributed by atoms with Crippen molar-refractivity contribution >= 4 is 14.4 Å². The number of aromatic amines is 1. The summed E-state index contributed by atoms with van der Waals surface area (Å²) in [5.41, 5.74) is 0.786. The molecule has 0 aliphatic carbocycles. The number of carbonyl (C=O) groups excluding carboxylic acids is 1. The second kappa shape index (κ2) is 5.10. The summed E-state index contributed by atoms with van der Waals surface area (Å²) in [6.07, 6.45) is 4.37. The van der Waals surface area contributed by atoms with Crippen LogP contribution in [-0.2, 0) is 9.53 Å². The molecule has 18 heavy (non-hydrogen) atoms. The average Bonchev–Trinajstić information content (AvgIpc) is 2.85. The van der Waals surface area contributed by atoms with Gasteiger partial charge in [0.15, 0.2) is 5.78 Å². The molecule has 4 nitrogen and oxygen atoms in total. The van der Waals surface area contributed by atoms with E-state index in [1.165, 1.54) is 0 Å². The van der Waals surface area contributed by atoms with Crippen LogP contribution in [0.3, 0.4) is 0 Å². The molecule has 5 heteroatoms. The predicted molar refractivity (Wildman–Crippen MR) is 73.3 cm³/mol. The maximum absolute atomic E-state index is 12.2. The fourth-order valence-electron chi connectivity index (χ4n) is 2.45. The molecule has 100 valence electrons. The lowest BCUT2D eigenvalue weighted by molar-refractivity contribution is -0.149. The summed E-state index contributed by atoms with van der Waals surface area (Å²) < 4.78 is 5.98. The van der Waals surface area contributed by atoms with Crippen molar-refractivity contribution in [2.45, 2.75) is 45.1 Å². The van der Waals surface area contributed by atoms with E-state index in [0.717, 1.165) is 12.1 Å². The van der Waals surface area contributed by atoms with Gasteiger partial charge in [-0.15, -0.1) is 0 Å². The molecule has 1 aromatic heterocycles. The Labute approximate surface area is 110 Å². The lowest BCUT2D eigenvalue weighted by Crippen LogP contribution is -2.46. The highest BCUT2D eigenvalue weighted by atomic mass is 31.1. The maximum atomic E-state index is 12.2. The Morgan fingerprint density at radius 2 is 2.33 bits per heavy atom. The van der Waals surface area contributed by atoms with Crippen molar-refractivity contribution in [3.8, 4) is 0 Å². The number of nitrogens with one attached hydrogen (secondary N) is 1. The highest BCUT2D eigenvalue weighted by molar-refractivity contribution is 7.39. The number of rotatable bonds is 3. The number of imidazole rings is 1. The minimum absolute atomic E-state index is 0.0793. The summed E-state index contributed by atoms with van der Waals surface area (Å²) in [4.78, 5) is 19.4. The number of hydrogen-bond acceptors (Lipinski definition) is 3. The normalized spacial score (nSPS) is 29.9. The van der Waals surface area contributed by atoms with Crippen molar-refractivity contribution in [1.82, 2.24) is 9.97 Å². The smallest absolute Gasteiger partial charge is 0.171 e. The molecule has 0 bridgehead atoms. The minimum Gasteiger partial charge on any atom is -0.362 e. The molecule has 1 aromatic rings. The molecule has 2 heterocycles. The number of Topliss-reactive ketones (excluding diaryl/α,β-unsaturated/α-hetero) is 1. The van der Waals surface area contributed by atoms with Gasteiger partial charge in [0.2, 0.25) is 0 Å². The number of ether oxygens (including phenoxy) is 1. The Kier molecular flexibility index (Phi) is 3.88. The number of carbonyl (C=O) groups is 1. The van der Waals surface area contributed by atoms with Crippen molar-refractivity contribution in [3.05, 3.63) is 18.2 Å². The highest BCUT2D eigenvalue weighted by Crippen LogP contribution is 2.41. The Morgan fingerprint density at radius 3 is 2.89 bits per heavy atom. The summed E-state index contributed by atoms with van der Waals surface area (Å²) in [5, 5.41) is 0. The summed E-state index contributed by atoms with van der Waals surface area (Å²) in [6, 6.07) is 0. The van der Waals surface area contributed by atoms with Crippen molar-refractivity contribution in [3.63, 3.8) is 0 Å². The fraction of sp³-hybridized carbons (Fsp3) is 0.692. The van der Waals surface area contributed by atoms with Crippen molar-refractivity contribution in [2.24, 2.45) is 5.41 Å². The topological polar surface area (TPSA) is 55.0 Å². The lowest BCUT2D eigenvalue weighted by atomic mass is 9.77. The second-order valence-corrected chi connectivity index (χ2v) is 6.69. The van der Waals surface area contributed by atoms with Gasteiger partial charge in [0.05, 0.1) is 12.4 Å². The van der Waals surface area contributed by atoms with Gasteiger partial charge in [-0.2, -0.15) is 0 Å². The Balaban J connectivity index is 2.17. The Hall–Kier alpha value is -0.730. The van der Waals surface area contributed by atoms with E-state index in [0.29, 0.717) is 8.58 Å². The molecule has 0 spiro atoms. The number of aromatic nitrogens is 2. The van der Waals surface area contributed by atoms with E-state index < -0.39 is 0 Å². The molecule has 4 atom stereocenters. The van der Waals surface area contributed by atoms with Crippen LogP contribution in [-0.4, -0.2) is 34.4 Å². The van der Waals surface area contributed by atoms with Gasteiger partial charge < -0.3 is 9.72 Å². The van der Waals surface area contributed by atoms with Crippen LogP contribution in [0.4, 0.5) is 0 Å². The van der Waals surface area contributed by atoms with Crippen molar-refractivity contribution in [1.29, 1.82) is 0 Å². The van der Waals surface area contributed by atoms with Crippen LogP contribution < -0.4 is 0 Å². The van der Waals surface area contributed by atoms with E-state index in [2.05, 4.69) is 16.9 Å². The fourth-order valence-corrected chi connectivity index (χ4v) is 3.42. The van der Waals surface area contributed by atoms with Gasteiger partial charge in [0.25, 0.3) is 0 Å². The standard InChI is InChI=1S/C13H21N2O2P/c1-8(9-6-14-7-15-9)10-5-13(2,3)11(16)12(17-10)18-4/h6-8,10,12,18H,5H2,1-4H3,(H,14,15)/t8-,10?,12+/m0/s1. The molecule has 1 saturated heterocycles. The first-order valence-electron chi connectivity index (χ1n) is 6.31. The largest absolute Gasteiger partial charge is 0.362 e. The van der Waals surface area contributed by atoms with Crippen LogP contribution >= 0.6 is 8.58 Å². The van der Waals surface area contributed by atoms with Crippen LogP contribution in [0, 0.1) is 5.41 Å². The van der Waals surface area contributed by atoms with Gasteiger partial charge in [-0.3, -0.25) is 4.79 Å². The third-order valence-electron chi connectivity index (χ3n) is 3.76. The molecule has 0 saturated carbocycles. The molecule has 2 unspecified atom stereocenters. The van der Waals surface area contributed by atoms with Crippen molar-refractivity contribution in [2.75, 3.05) is 6.66 Å². The molecule has 1 N–H and O–H groups in total. The van der Waals surface area contributed by atoms with Gasteiger partial charge in [0.1, 0.15) is 5.85 Å². The molecular weight excluding hydrogens is 247 g/mol. The number of nitrogens with zero attached hydrogens (tertiary/aromatic N) is 1. The third kappa shape index (κ3) is 2.50. The molecular formula is C13H21N2O2P. The van der Waals surface area contributed by atoms with E-state index in [-0.39, 0.29) is 29.1 Å². The monoisotopic (exact) mass is 268 g/mol. The number of hydrogen-bond donors (Lipinski definition) is 1. The zero-order valence-electron chi connectivity index (χ0n) is 11.4. The van der Waals surface area contributed by atoms with Crippen molar-refractivity contribution < 1.29 is 9.53 Å². The highest BCUT2D eigenvalue weighted by Gasteiger charge is 2.43. The van der Waals surface area contributed by atoms with Gasteiger partial charge in [-0.05, 0) is 13.1 Å². The van der Waals surface area contributed by atoms with Gasteiger partial charge >= 0.3 is 0 Å². The first-order chi connectivity index (χ1) is 8.45. The second-order valence-electron chi connectivity index (χ2n) is 5.59. The first-order valence-corrected chi connectivity index (χ1v) is 7.89. The molecule has 0 radical (unpaired) electrons. The van der Waals surface area contributed by atoms with Crippen LogP contribution in [0.5, 0.6) is 0 Å². The van der Waals surface area contributed by atoms with E-state index in [9.17, 15) is 4.79 Å². The van der Waals surface area contributed by atoms with E-state index in [4.69, 9.17) is 4.74 Å². The zero-order valence-corrected chi connectivity index (χ0v) is 12.4. The molecule has 0 aromatic carbocycles. The van der Waals surface area contributed by atoms with E-state index in [1.54, 1.807) is 6.33 Å². The van der Waals surface area contributed by atoms with Crippen LogP contribution in [0.1, 0.15) is 38.8 Å². The summed E-state index contributed by atoms with van der Waals surface area (Å²) in [5.74, 6) is 0.249. The summed E-state index contributed by atoms with van der Waals surface area (Å²) in [7, 11) is 0.500. The molecule has 1 aliphatic heterocycles. The third-order valence-corrected chi connectivity index (χ3v) is 4.68. The van der Waals surface area contributed by atoms with E-state index in [1.807, 2.05) is 26.7 Å². The van der Waals surface area contributed by atoms with Gasteiger partial charge in [0, 0.05) is 23.2 Å². The summed E-state index contributed by atoms with van der Waals surface area (Å²) in [6.45, 7) is 8.21. The Bertz CT molecular complexity index is 417. The van der Waals surface area contributed by atoms with Crippen LogP contribution in [0.2, 0.25) is 0 Å². The Morgan fingerprint density at radius 1 is 1.61 bits per heavy atom. The van der Waals surface area contributed by atoms with E-state index >= 15 is 0 Å². The minimum atomic E-state index is -0.287. The predicted octanol–water partition coefficient (Wildman–Crippen LogP) is 2.53. The average molecular weight is 268 g/mol. The quantitative estimate of drug-likeness (QED) is 0.857. The molecule has 2 rings (SSSR count). The molecule has 1 aliphatic rings. The maximum Gasteiger partial charge on any atom is 0.171 e. The lowest BCUT2D eigenvalue weighted by Gasteiger charge is -2.40. The SMILES string of the molecule is CP[C@H]1OC([C@@H](C)c2cnc[nH]2)CC(C)(C)C1=O. The molecule has 1 fully saturated rings.